The molecule has 0 aromatic carbocycles. The van der Waals surface area contributed by atoms with E-state index in [1.165, 1.54) is 24.1 Å². The molecule has 1 aliphatic rings. The number of pyridine rings is 1. The number of hydrogen-bond acceptors (Lipinski definition) is 3. The van der Waals surface area contributed by atoms with Crippen LogP contribution in [0.2, 0.25) is 0 Å². The van der Waals surface area contributed by atoms with Gasteiger partial charge in [0.2, 0.25) is 5.88 Å². The van der Waals surface area contributed by atoms with E-state index in [4.69, 9.17) is 4.74 Å². The second-order valence-corrected chi connectivity index (χ2v) is 4.93. The zero-order chi connectivity index (χ0) is 12.5. The fraction of sp³-hybridized carbons (Fsp3) is 0.500. The molecule has 0 bridgehead atoms. The summed E-state index contributed by atoms with van der Waals surface area (Å²) in [5.41, 5.74) is 3.58. The summed E-state index contributed by atoms with van der Waals surface area (Å²) in [5.74, 6) is 1.28. The lowest BCUT2D eigenvalue weighted by Gasteiger charge is -2.23. The van der Waals surface area contributed by atoms with Crippen LogP contribution in [-0.4, -0.2) is 29.8 Å². The molecule has 1 saturated heterocycles. The molecule has 96 valence electrons. The van der Waals surface area contributed by atoms with Crippen LogP contribution in [0, 0.1) is 0 Å². The number of methoxy groups -OCH3 is 1. The van der Waals surface area contributed by atoms with Gasteiger partial charge in [0.15, 0.2) is 0 Å². The summed E-state index contributed by atoms with van der Waals surface area (Å²) in [5, 5.41) is 3.47. The molecule has 18 heavy (non-hydrogen) atoms. The van der Waals surface area contributed by atoms with E-state index in [0.29, 0.717) is 11.8 Å². The highest BCUT2D eigenvalue weighted by Gasteiger charge is 2.19. The Hall–Kier alpha value is -1.55. The second-order valence-electron chi connectivity index (χ2n) is 4.93. The van der Waals surface area contributed by atoms with Gasteiger partial charge in [0.25, 0.3) is 0 Å². The Kier molecular flexibility index (Phi) is 2.96. The van der Waals surface area contributed by atoms with Gasteiger partial charge in [0.05, 0.1) is 18.1 Å². The van der Waals surface area contributed by atoms with Crippen molar-refractivity contribution in [2.45, 2.75) is 18.8 Å². The molecule has 0 spiro atoms. The van der Waals surface area contributed by atoms with Gasteiger partial charge >= 0.3 is 0 Å². The van der Waals surface area contributed by atoms with Gasteiger partial charge < -0.3 is 14.6 Å². The van der Waals surface area contributed by atoms with Crippen molar-refractivity contribution in [3.63, 3.8) is 0 Å². The third-order valence-corrected chi connectivity index (χ3v) is 3.83. The van der Waals surface area contributed by atoms with Crippen LogP contribution >= 0.6 is 0 Å². The zero-order valence-corrected chi connectivity index (χ0v) is 10.9. The van der Waals surface area contributed by atoms with Crippen molar-refractivity contribution in [2.24, 2.45) is 7.05 Å². The van der Waals surface area contributed by atoms with Crippen molar-refractivity contribution in [3.8, 4) is 5.88 Å². The molecule has 0 aliphatic carbocycles. The van der Waals surface area contributed by atoms with Crippen molar-refractivity contribution in [1.82, 2.24) is 14.9 Å². The minimum Gasteiger partial charge on any atom is -0.481 e. The third kappa shape index (κ3) is 1.86. The van der Waals surface area contributed by atoms with Crippen molar-refractivity contribution in [1.29, 1.82) is 0 Å². The molecule has 1 fully saturated rings. The maximum atomic E-state index is 5.18. The summed E-state index contributed by atoms with van der Waals surface area (Å²) in [6.45, 7) is 2.22. The maximum Gasteiger partial charge on any atom is 0.213 e. The summed E-state index contributed by atoms with van der Waals surface area (Å²) < 4.78 is 7.45. The Morgan fingerprint density at radius 3 is 3.06 bits per heavy atom. The van der Waals surface area contributed by atoms with Crippen LogP contribution < -0.4 is 10.1 Å². The summed E-state index contributed by atoms with van der Waals surface area (Å²) in [4.78, 5) is 4.51. The van der Waals surface area contributed by atoms with Crippen LogP contribution in [0.25, 0.3) is 11.0 Å². The Bertz CT molecular complexity index is 555. The predicted octanol–water partition coefficient (Wildman–Crippen LogP) is 2.05. The van der Waals surface area contributed by atoms with Gasteiger partial charge in [-0.25, -0.2) is 4.98 Å². The number of hydrogen-bond donors (Lipinski definition) is 1. The lowest BCUT2D eigenvalue weighted by Crippen LogP contribution is -2.29. The first-order chi connectivity index (χ1) is 8.79. The molecule has 1 unspecified atom stereocenters. The minimum absolute atomic E-state index is 0.601. The normalized spacial score (nSPS) is 20.2. The Balaban J connectivity index is 2.04. The standard InChI is InChI=1S/C14H19N3O/c1-17-12-5-6-14(18-2)16-11(12)8-13(17)10-4-3-7-15-9-10/h5-6,8,10,15H,3-4,7,9H2,1-2H3. The molecule has 1 atom stereocenters. The number of piperidine rings is 1. The van der Waals surface area contributed by atoms with E-state index in [2.05, 4.69) is 34.0 Å². The lowest BCUT2D eigenvalue weighted by atomic mass is 9.96. The summed E-state index contributed by atoms with van der Waals surface area (Å²) in [6.07, 6.45) is 2.51. The average Bonchev–Trinajstić information content (AvgIpc) is 2.76. The molecule has 1 aliphatic heterocycles. The number of aromatic nitrogens is 2. The topological polar surface area (TPSA) is 39.1 Å². The molecule has 0 amide bonds. The molecule has 3 heterocycles. The highest BCUT2D eigenvalue weighted by atomic mass is 16.5. The van der Waals surface area contributed by atoms with E-state index in [9.17, 15) is 0 Å². The number of aryl methyl sites for hydroxylation is 1. The molecule has 2 aromatic rings. The van der Waals surface area contributed by atoms with Gasteiger partial charge in [-0.1, -0.05) is 0 Å². The van der Waals surface area contributed by atoms with E-state index < -0.39 is 0 Å². The number of rotatable bonds is 2. The molecule has 0 radical (unpaired) electrons. The fourth-order valence-electron chi connectivity index (χ4n) is 2.82. The molecule has 0 saturated carbocycles. The van der Waals surface area contributed by atoms with Crippen LogP contribution in [0.4, 0.5) is 0 Å². The monoisotopic (exact) mass is 245 g/mol. The van der Waals surface area contributed by atoms with E-state index in [1.54, 1.807) is 7.11 Å². The van der Waals surface area contributed by atoms with Gasteiger partial charge in [0, 0.05) is 31.3 Å². The van der Waals surface area contributed by atoms with Gasteiger partial charge in [0.1, 0.15) is 0 Å². The van der Waals surface area contributed by atoms with E-state index >= 15 is 0 Å². The molecular formula is C14H19N3O. The first kappa shape index (κ1) is 11.5. The smallest absolute Gasteiger partial charge is 0.213 e. The molecule has 2 aromatic heterocycles. The minimum atomic E-state index is 0.601. The second kappa shape index (κ2) is 4.61. The average molecular weight is 245 g/mol. The van der Waals surface area contributed by atoms with E-state index in [1.807, 2.05) is 6.07 Å². The number of fused-ring (bicyclic) bond motifs is 1. The maximum absolute atomic E-state index is 5.18. The molecule has 3 rings (SSSR count). The summed E-state index contributed by atoms with van der Waals surface area (Å²) >= 11 is 0. The van der Waals surface area contributed by atoms with E-state index in [0.717, 1.165) is 18.6 Å². The van der Waals surface area contributed by atoms with Gasteiger partial charge in [-0.05, 0) is 31.5 Å². The van der Waals surface area contributed by atoms with Crippen LogP contribution in [0.3, 0.4) is 0 Å². The SMILES string of the molecule is COc1ccc2c(cc(C3CCCNC3)n2C)n1. The highest BCUT2D eigenvalue weighted by Crippen LogP contribution is 2.28. The largest absolute Gasteiger partial charge is 0.481 e. The Labute approximate surface area is 107 Å². The van der Waals surface area contributed by atoms with Crippen LogP contribution in [0.1, 0.15) is 24.5 Å². The number of nitrogens with one attached hydrogen (secondary N) is 1. The fourth-order valence-corrected chi connectivity index (χ4v) is 2.82. The first-order valence-electron chi connectivity index (χ1n) is 6.50. The van der Waals surface area contributed by atoms with E-state index in [-0.39, 0.29) is 0 Å². The predicted molar refractivity (Wildman–Crippen MR) is 72.1 cm³/mol. The van der Waals surface area contributed by atoms with Crippen molar-refractivity contribution in [3.05, 3.63) is 23.9 Å². The highest BCUT2D eigenvalue weighted by molar-refractivity contribution is 5.78. The molecule has 4 nitrogen and oxygen atoms in total. The first-order valence-corrected chi connectivity index (χ1v) is 6.50. The van der Waals surface area contributed by atoms with Crippen molar-refractivity contribution < 1.29 is 4.74 Å². The lowest BCUT2D eigenvalue weighted by molar-refractivity contribution is 0.399. The van der Waals surface area contributed by atoms with Crippen molar-refractivity contribution >= 4 is 11.0 Å². The summed E-state index contributed by atoms with van der Waals surface area (Å²) in [7, 11) is 3.78. The molecule has 4 heteroatoms. The zero-order valence-electron chi connectivity index (χ0n) is 10.9. The quantitative estimate of drug-likeness (QED) is 0.880. The van der Waals surface area contributed by atoms with Crippen LogP contribution in [-0.2, 0) is 7.05 Å². The van der Waals surface area contributed by atoms with Gasteiger partial charge in [-0.3, -0.25) is 0 Å². The van der Waals surface area contributed by atoms with Gasteiger partial charge in [-0.2, -0.15) is 0 Å². The van der Waals surface area contributed by atoms with Gasteiger partial charge in [-0.15, -0.1) is 0 Å². The summed E-state index contributed by atoms with van der Waals surface area (Å²) in [6, 6.07) is 6.21. The van der Waals surface area contributed by atoms with Crippen molar-refractivity contribution in [2.75, 3.05) is 20.2 Å². The Morgan fingerprint density at radius 2 is 2.33 bits per heavy atom. The third-order valence-electron chi connectivity index (χ3n) is 3.83. The number of ether oxygens (including phenoxy) is 1. The van der Waals surface area contributed by atoms with Crippen LogP contribution in [0.5, 0.6) is 5.88 Å². The Morgan fingerprint density at radius 1 is 1.44 bits per heavy atom. The van der Waals surface area contributed by atoms with Crippen LogP contribution in [0.15, 0.2) is 18.2 Å². The molecule has 1 N–H and O–H groups in total. The molecular weight excluding hydrogens is 226 g/mol. The number of nitrogens with zero attached hydrogens (tertiary/aromatic N) is 2.